The molecule has 0 aliphatic rings. The van der Waals surface area contributed by atoms with E-state index >= 15 is 0 Å². The Labute approximate surface area is 96.4 Å². The first-order valence-electron chi connectivity index (χ1n) is 5.85. The fourth-order valence-corrected chi connectivity index (χ4v) is 1.48. The molecule has 1 heterocycles. The van der Waals surface area contributed by atoms with Gasteiger partial charge in [0.1, 0.15) is 0 Å². The van der Waals surface area contributed by atoms with E-state index in [0.717, 1.165) is 12.8 Å². The van der Waals surface area contributed by atoms with Crippen LogP contribution in [0, 0.1) is 0 Å². The highest BCUT2D eigenvalue weighted by atomic mass is 16.5. The van der Waals surface area contributed by atoms with Gasteiger partial charge in [-0.1, -0.05) is 31.3 Å². The Morgan fingerprint density at radius 2 is 2.19 bits per heavy atom. The van der Waals surface area contributed by atoms with Gasteiger partial charge >= 0.3 is 0 Å². The predicted octanol–water partition coefficient (Wildman–Crippen LogP) is 1.84. The largest absolute Gasteiger partial charge is 0.383 e. The standard InChI is InChI=1S/C11H21N3O2/c1-3-4-5-6-7-10-13-11(14-16-10)9(12)8-15-2/h9H,3-8,12H2,1-2H3. The van der Waals surface area contributed by atoms with Crippen LogP contribution < -0.4 is 5.73 Å². The summed E-state index contributed by atoms with van der Waals surface area (Å²) in [5, 5.41) is 3.84. The molecule has 0 saturated heterocycles. The lowest BCUT2D eigenvalue weighted by molar-refractivity contribution is 0.177. The smallest absolute Gasteiger partial charge is 0.226 e. The van der Waals surface area contributed by atoms with Crippen molar-refractivity contribution in [2.45, 2.75) is 45.1 Å². The van der Waals surface area contributed by atoms with Gasteiger partial charge in [0, 0.05) is 13.5 Å². The zero-order valence-electron chi connectivity index (χ0n) is 10.1. The lowest BCUT2D eigenvalue weighted by atomic mass is 10.1. The van der Waals surface area contributed by atoms with Gasteiger partial charge in [-0.2, -0.15) is 4.98 Å². The molecule has 5 heteroatoms. The van der Waals surface area contributed by atoms with Crippen molar-refractivity contribution in [3.63, 3.8) is 0 Å². The molecule has 1 aromatic heterocycles. The lowest BCUT2D eigenvalue weighted by Crippen LogP contribution is -2.17. The maximum absolute atomic E-state index is 5.79. The van der Waals surface area contributed by atoms with Crippen LogP contribution in [0.15, 0.2) is 4.52 Å². The third-order valence-corrected chi connectivity index (χ3v) is 2.41. The number of methoxy groups -OCH3 is 1. The zero-order valence-corrected chi connectivity index (χ0v) is 10.1. The number of hydrogen-bond acceptors (Lipinski definition) is 5. The minimum Gasteiger partial charge on any atom is -0.383 e. The molecular formula is C11H21N3O2. The number of aryl methyl sites for hydroxylation is 1. The van der Waals surface area contributed by atoms with Crippen molar-refractivity contribution in [3.8, 4) is 0 Å². The number of nitrogens with two attached hydrogens (primary N) is 1. The van der Waals surface area contributed by atoms with Gasteiger partial charge in [0.15, 0.2) is 5.82 Å². The van der Waals surface area contributed by atoms with E-state index in [4.69, 9.17) is 15.0 Å². The normalized spacial score (nSPS) is 12.9. The molecule has 2 N–H and O–H groups in total. The predicted molar refractivity (Wildman–Crippen MR) is 60.9 cm³/mol. The Morgan fingerprint density at radius 3 is 2.88 bits per heavy atom. The second-order valence-electron chi connectivity index (χ2n) is 3.92. The van der Waals surface area contributed by atoms with E-state index in [0.29, 0.717) is 18.3 Å². The number of nitrogens with zero attached hydrogens (tertiary/aromatic N) is 2. The highest BCUT2D eigenvalue weighted by Crippen LogP contribution is 2.09. The third kappa shape index (κ3) is 4.28. The molecule has 0 aromatic carbocycles. The number of ether oxygens (including phenoxy) is 1. The molecule has 16 heavy (non-hydrogen) atoms. The fraction of sp³-hybridized carbons (Fsp3) is 0.818. The molecule has 0 spiro atoms. The fourth-order valence-electron chi connectivity index (χ4n) is 1.48. The minimum atomic E-state index is -0.293. The van der Waals surface area contributed by atoms with Crippen molar-refractivity contribution in [2.75, 3.05) is 13.7 Å². The molecule has 0 bridgehead atoms. The highest BCUT2D eigenvalue weighted by Gasteiger charge is 2.13. The average molecular weight is 227 g/mol. The topological polar surface area (TPSA) is 74.2 Å². The molecule has 1 unspecified atom stereocenters. The van der Waals surface area contributed by atoms with E-state index in [-0.39, 0.29) is 6.04 Å². The monoisotopic (exact) mass is 227 g/mol. The average Bonchev–Trinajstić information content (AvgIpc) is 2.73. The summed E-state index contributed by atoms with van der Waals surface area (Å²) in [6.45, 7) is 2.60. The van der Waals surface area contributed by atoms with E-state index in [1.54, 1.807) is 7.11 Å². The molecule has 92 valence electrons. The third-order valence-electron chi connectivity index (χ3n) is 2.41. The van der Waals surface area contributed by atoms with Crippen LogP contribution in [-0.4, -0.2) is 23.9 Å². The molecule has 0 radical (unpaired) electrons. The Morgan fingerprint density at radius 1 is 1.38 bits per heavy atom. The molecule has 0 amide bonds. The quantitative estimate of drug-likeness (QED) is 0.686. The molecule has 1 atom stereocenters. The Bertz CT molecular complexity index is 289. The van der Waals surface area contributed by atoms with Gasteiger partial charge < -0.3 is 15.0 Å². The summed E-state index contributed by atoms with van der Waals surface area (Å²) in [5.74, 6) is 1.21. The van der Waals surface area contributed by atoms with Gasteiger partial charge in [0.2, 0.25) is 5.89 Å². The molecule has 1 rings (SSSR count). The van der Waals surface area contributed by atoms with Crippen LogP contribution in [0.1, 0.15) is 50.4 Å². The van der Waals surface area contributed by atoms with Crippen molar-refractivity contribution >= 4 is 0 Å². The van der Waals surface area contributed by atoms with Crippen LogP contribution in [0.3, 0.4) is 0 Å². The van der Waals surface area contributed by atoms with Crippen molar-refractivity contribution < 1.29 is 9.26 Å². The Kier molecular flexibility index (Phi) is 6.03. The molecular weight excluding hydrogens is 206 g/mol. The first-order chi connectivity index (χ1) is 7.77. The van der Waals surface area contributed by atoms with Crippen molar-refractivity contribution in [3.05, 3.63) is 11.7 Å². The summed E-state index contributed by atoms with van der Waals surface area (Å²) in [5.41, 5.74) is 5.79. The molecule has 0 aliphatic heterocycles. The first-order valence-corrected chi connectivity index (χ1v) is 5.85. The molecule has 0 aliphatic carbocycles. The van der Waals surface area contributed by atoms with E-state index in [1.807, 2.05) is 0 Å². The zero-order chi connectivity index (χ0) is 11.8. The van der Waals surface area contributed by atoms with Crippen LogP contribution in [-0.2, 0) is 11.2 Å². The van der Waals surface area contributed by atoms with E-state index in [2.05, 4.69) is 17.1 Å². The van der Waals surface area contributed by atoms with Crippen molar-refractivity contribution in [2.24, 2.45) is 5.73 Å². The minimum absolute atomic E-state index is 0.293. The maximum atomic E-state index is 5.79. The van der Waals surface area contributed by atoms with Crippen LogP contribution in [0.4, 0.5) is 0 Å². The van der Waals surface area contributed by atoms with Crippen LogP contribution in [0.5, 0.6) is 0 Å². The molecule has 0 saturated carbocycles. The van der Waals surface area contributed by atoms with Gasteiger partial charge in [-0.3, -0.25) is 0 Å². The van der Waals surface area contributed by atoms with Crippen LogP contribution in [0.2, 0.25) is 0 Å². The maximum Gasteiger partial charge on any atom is 0.226 e. The Hall–Kier alpha value is -0.940. The van der Waals surface area contributed by atoms with Crippen molar-refractivity contribution in [1.82, 2.24) is 10.1 Å². The molecule has 1 aromatic rings. The summed E-state index contributed by atoms with van der Waals surface area (Å²) in [6, 6.07) is -0.293. The number of rotatable bonds is 8. The molecule has 5 nitrogen and oxygen atoms in total. The SMILES string of the molecule is CCCCCCc1nc(C(N)COC)no1. The molecule has 0 fully saturated rings. The lowest BCUT2D eigenvalue weighted by Gasteiger charge is -2.03. The summed E-state index contributed by atoms with van der Waals surface area (Å²) in [6.07, 6.45) is 5.62. The van der Waals surface area contributed by atoms with E-state index in [1.165, 1.54) is 19.3 Å². The number of aromatic nitrogens is 2. The van der Waals surface area contributed by atoms with Gasteiger partial charge in [0.25, 0.3) is 0 Å². The first kappa shape index (κ1) is 13.1. The van der Waals surface area contributed by atoms with Gasteiger partial charge in [-0.25, -0.2) is 0 Å². The van der Waals surface area contributed by atoms with Crippen LogP contribution >= 0.6 is 0 Å². The number of hydrogen-bond donors (Lipinski definition) is 1. The van der Waals surface area contributed by atoms with Crippen LogP contribution in [0.25, 0.3) is 0 Å². The summed E-state index contributed by atoms with van der Waals surface area (Å²) >= 11 is 0. The summed E-state index contributed by atoms with van der Waals surface area (Å²) in [4.78, 5) is 4.24. The second-order valence-corrected chi connectivity index (χ2v) is 3.92. The van der Waals surface area contributed by atoms with Crippen molar-refractivity contribution in [1.29, 1.82) is 0 Å². The highest BCUT2D eigenvalue weighted by molar-refractivity contribution is 4.92. The Balaban J connectivity index is 2.33. The van der Waals surface area contributed by atoms with Gasteiger partial charge in [-0.05, 0) is 6.42 Å². The number of unbranched alkanes of at least 4 members (excludes halogenated alkanes) is 3. The van der Waals surface area contributed by atoms with Gasteiger partial charge in [-0.15, -0.1) is 0 Å². The second kappa shape index (κ2) is 7.35. The van der Waals surface area contributed by atoms with E-state index in [9.17, 15) is 0 Å². The summed E-state index contributed by atoms with van der Waals surface area (Å²) < 4.78 is 10.0. The summed E-state index contributed by atoms with van der Waals surface area (Å²) in [7, 11) is 1.60. The van der Waals surface area contributed by atoms with Gasteiger partial charge in [0.05, 0.1) is 12.6 Å². The van der Waals surface area contributed by atoms with E-state index < -0.39 is 0 Å².